The Hall–Kier alpha value is -1.87. The Morgan fingerprint density at radius 3 is 2.77 bits per heavy atom. The Bertz CT molecular complexity index is 919. The molecule has 4 rings (SSSR count). The number of urea groups is 1. The van der Waals surface area contributed by atoms with Crippen LogP contribution in [0.5, 0.6) is 0 Å². The average Bonchev–Trinajstić information content (AvgIpc) is 3.17. The van der Waals surface area contributed by atoms with Gasteiger partial charge >= 0.3 is 6.03 Å². The minimum atomic E-state index is -0.935. The van der Waals surface area contributed by atoms with E-state index in [-0.39, 0.29) is 31.7 Å². The number of rotatable bonds is 5. The fourth-order valence-corrected chi connectivity index (χ4v) is 4.74. The van der Waals surface area contributed by atoms with Gasteiger partial charge in [-0.1, -0.05) is 25.4 Å². The standard InChI is InChI=1S/C21H29ClN4O4/c1-20(2,18(27)16-8-15(22)7-13-9-24-25-17(13)16)14-3-5-26(6-4-14)19(28)23-10-21(29)11-30-12-21/h7-9,14,18,27,29H,3-6,10-12H2,1-2H3,(H,23,28)(H,24,25)/t18-/m1/s1. The number of H-pyrrole nitrogens is 1. The summed E-state index contributed by atoms with van der Waals surface area (Å²) in [6, 6.07) is 3.46. The summed E-state index contributed by atoms with van der Waals surface area (Å²) in [5.41, 5.74) is 0.199. The Labute approximate surface area is 180 Å². The van der Waals surface area contributed by atoms with Crippen molar-refractivity contribution in [3.05, 3.63) is 28.9 Å². The summed E-state index contributed by atoms with van der Waals surface area (Å²) in [6.45, 7) is 6.06. The molecule has 1 aromatic carbocycles. The molecule has 3 heterocycles. The van der Waals surface area contributed by atoms with Crippen molar-refractivity contribution in [1.82, 2.24) is 20.4 Å². The number of hydrogen-bond donors (Lipinski definition) is 4. The third-order valence-corrected chi connectivity index (χ3v) is 6.91. The van der Waals surface area contributed by atoms with Crippen LogP contribution in [0.2, 0.25) is 5.02 Å². The first-order chi connectivity index (χ1) is 14.2. The largest absolute Gasteiger partial charge is 0.388 e. The summed E-state index contributed by atoms with van der Waals surface area (Å²) in [5, 5.41) is 32.6. The molecule has 8 nitrogen and oxygen atoms in total. The van der Waals surface area contributed by atoms with E-state index in [0.29, 0.717) is 18.1 Å². The molecule has 1 aromatic heterocycles. The maximum Gasteiger partial charge on any atom is 0.317 e. The second-order valence-corrected chi connectivity index (χ2v) is 9.63. The van der Waals surface area contributed by atoms with Crippen molar-refractivity contribution in [2.75, 3.05) is 32.8 Å². The van der Waals surface area contributed by atoms with Gasteiger partial charge in [0.2, 0.25) is 0 Å². The topological polar surface area (TPSA) is 111 Å². The highest BCUT2D eigenvalue weighted by Gasteiger charge is 2.41. The summed E-state index contributed by atoms with van der Waals surface area (Å²) in [7, 11) is 0. The molecular weight excluding hydrogens is 408 g/mol. The molecule has 0 aliphatic carbocycles. The van der Waals surface area contributed by atoms with E-state index in [1.807, 2.05) is 6.07 Å². The minimum Gasteiger partial charge on any atom is -0.388 e. The summed E-state index contributed by atoms with van der Waals surface area (Å²) in [4.78, 5) is 14.2. The zero-order valence-corrected chi connectivity index (χ0v) is 18.1. The third-order valence-electron chi connectivity index (χ3n) is 6.69. The molecule has 0 saturated carbocycles. The van der Waals surface area contributed by atoms with Crippen LogP contribution in [-0.2, 0) is 4.74 Å². The number of aliphatic hydroxyl groups is 2. The van der Waals surface area contributed by atoms with Crippen LogP contribution in [0.3, 0.4) is 0 Å². The molecule has 0 bridgehead atoms. The van der Waals surface area contributed by atoms with E-state index in [2.05, 4.69) is 29.4 Å². The molecule has 2 saturated heterocycles. The number of aromatic amines is 1. The first kappa shape index (κ1) is 21.4. The molecule has 2 fully saturated rings. The van der Waals surface area contributed by atoms with Gasteiger partial charge in [0.05, 0.1) is 37.6 Å². The zero-order chi connectivity index (χ0) is 21.5. The minimum absolute atomic E-state index is 0.166. The number of aliphatic hydroxyl groups excluding tert-OH is 1. The zero-order valence-electron chi connectivity index (χ0n) is 17.3. The van der Waals surface area contributed by atoms with Crippen molar-refractivity contribution < 1.29 is 19.7 Å². The van der Waals surface area contributed by atoms with Gasteiger partial charge in [-0.15, -0.1) is 0 Å². The third kappa shape index (κ3) is 4.01. The summed E-state index contributed by atoms with van der Waals surface area (Å²) in [5.74, 6) is 0.234. The van der Waals surface area contributed by atoms with Crippen LogP contribution >= 0.6 is 11.6 Å². The fraction of sp³-hybridized carbons (Fsp3) is 0.619. The monoisotopic (exact) mass is 436 g/mol. The number of likely N-dealkylation sites (tertiary alicyclic amines) is 1. The average molecular weight is 437 g/mol. The van der Waals surface area contributed by atoms with E-state index >= 15 is 0 Å². The Morgan fingerprint density at radius 2 is 2.13 bits per heavy atom. The molecule has 0 spiro atoms. The molecule has 0 unspecified atom stereocenters. The van der Waals surface area contributed by atoms with Crippen molar-refractivity contribution in [1.29, 1.82) is 0 Å². The quantitative estimate of drug-likeness (QED) is 0.575. The van der Waals surface area contributed by atoms with Crippen LogP contribution < -0.4 is 5.32 Å². The number of nitrogens with zero attached hydrogens (tertiary/aromatic N) is 2. The molecule has 2 aliphatic heterocycles. The lowest BCUT2D eigenvalue weighted by Crippen LogP contribution is -2.58. The van der Waals surface area contributed by atoms with Gasteiger partial charge in [-0.05, 0) is 36.3 Å². The summed E-state index contributed by atoms with van der Waals surface area (Å²) < 4.78 is 5.00. The van der Waals surface area contributed by atoms with Crippen molar-refractivity contribution in [3.63, 3.8) is 0 Å². The number of halogens is 1. The van der Waals surface area contributed by atoms with E-state index in [4.69, 9.17) is 16.3 Å². The van der Waals surface area contributed by atoms with Gasteiger partial charge in [0.25, 0.3) is 0 Å². The second-order valence-electron chi connectivity index (χ2n) is 9.19. The number of hydrogen-bond acceptors (Lipinski definition) is 5. The van der Waals surface area contributed by atoms with E-state index in [1.165, 1.54) is 0 Å². The van der Waals surface area contributed by atoms with Crippen LogP contribution in [-0.4, -0.2) is 69.8 Å². The fourth-order valence-electron chi connectivity index (χ4n) is 4.51. The number of benzene rings is 1. The Kier molecular flexibility index (Phi) is 5.69. The van der Waals surface area contributed by atoms with E-state index in [9.17, 15) is 15.0 Å². The predicted molar refractivity (Wildman–Crippen MR) is 113 cm³/mol. The summed E-state index contributed by atoms with van der Waals surface area (Å²) >= 11 is 6.26. The highest BCUT2D eigenvalue weighted by Crippen LogP contribution is 2.46. The molecule has 2 aromatic rings. The highest BCUT2D eigenvalue weighted by molar-refractivity contribution is 6.31. The lowest BCUT2D eigenvalue weighted by Gasteiger charge is -2.43. The van der Waals surface area contributed by atoms with E-state index < -0.39 is 17.1 Å². The number of carbonyl (C=O) groups excluding carboxylic acids is 1. The Morgan fingerprint density at radius 1 is 1.43 bits per heavy atom. The second kappa shape index (κ2) is 8.00. The first-order valence-corrected chi connectivity index (χ1v) is 10.7. The molecule has 0 radical (unpaired) electrons. The number of fused-ring (bicyclic) bond motifs is 1. The van der Waals surface area contributed by atoms with Gasteiger partial charge in [0.15, 0.2) is 0 Å². The highest BCUT2D eigenvalue weighted by atomic mass is 35.5. The summed E-state index contributed by atoms with van der Waals surface area (Å²) in [6.07, 6.45) is 2.56. The number of amides is 2. The number of piperidine rings is 1. The lowest BCUT2D eigenvalue weighted by molar-refractivity contribution is -0.173. The van der Waals surface area contributed by atoms with Gasteiger partial charge in [-0.2, -0.15) is 5.10 Å². The van der Waals surface area contributed by atoms with Crippen LogP contribution in [0.4, 0.5) is 4.79 Å². The maximum absolute atomic E-state index is 12.4. The van der Waals surface area contributed by atoms with Crippen molar-refractivity contribution in [2.45, 2.75) is 38.4 Å². The van der Waals surface area contributed by atoms with Gasteiger partial charge in [-0.3, -0.25) is 5.10 Å². The molecule has 4 N–H and O–H groups in total. The predicted octanol–water partition coefficient (Wildman–Crippen LogP) is 2.46. The molecule has 2 aliphatic rings. The Balaban J connectivity index is 1.39. The van der Waals surface area contributed by atoms with E-state index in [1.54, 1.807) is 17.2 Å². The van der Waals surface area contributed by atoms with Crippen molar-refractivity contribution in [3.8, 4) is 0 Å². The molecule has 30 heavy (non-hydrogen) atoms. The number of ether oxygens (including phenoxy) is 1. The van der Waals surface area contributed by atoms with Gasteiger partial charge in [0.1, 0.15) is 5.60 Å². The van der Waals surface area contributed by atoms with E-state index in [0.717, 1.165) is 29.3 Å². The number of carbonyl (C=O) groups is 1. The smallest absolute Gasteiger partial charge is 0.317 e. The normalized spacial score (nSPS) is 20.8. The van der Waals surface area contributed by atoms with Gasteiger partial charge < -0.3 is 25.2 Å². The molecule has 9 heteroatoms. The van der Waals surface area contributed by atoms with Gasteiger partial charge in [-0.25, -0.2) is 4.79 Å². The van der Waals surface area contributed by atoms with Crippen LogP contribution in [0.15, 0.2) is 18.3 Å². The number of aromatic nitrogens is 2. The lowest BCUT2D eigenvalue weighted by atomic mass is 9.68. The van der Waals surface area contributed by atoms with Crippen LogP contribution in [0.25, 0.3) is 10.9 Å². The SMILES string of the molecule is CC(C)(C1CCN(C(=O)NCC2(O)COC2)CC1)[C@H](O)c1cc(Cl)cc2cn[nH]c12. The van der Waals surface area contributed by atoms with Gasteiger partial charge in [0, 0.05) is 29.1 Å². The maximum atomic E-state index is 12.4. The first-order valence-electron chi connectivity index (χ1n) is 10.3. The van der Waals surface area contributed by atoms with Crippen LogP contribution in [0, 0.1) is 11.3 Å². The van der Waals surface area contributed by atoms with Crippen molar-refractivity contribution in [2.24, 2.45) is 11.3 Å². The molecule has 1 atom stereocenters. The van der Waals surface area contributed by atoms with Crippen molar-refractivity contribution >= 4 is 28.5 Å². The molecule has 2 amide bonds. The molecular formula is C21H29ClN4O4. The van der Waals surface area contributed by atoms with Crippen LogP contribution in [0.1, 0.15) is 38.4 Å². The molecule has 164 valence electrons. The number of nitrogens with one attached hydrogen (secondary N) is 2.